The number of piperidine rings is 1. The van der Waals surface area contributed by atoms with Crippen molar-refractivity contribution in [2.24, 2.45) is 4.99 Å². The maximum Gasteiger partial charge on any atom is 0.434 e. The second-order valence-electron chi connectivity index (χ2n) is 7.36. The molecule has 1 fully saturated rings. The number of rotatable bonds is 7. The van der Waals surface area contributed by atoms with E-state index in [1.807, 2.05) is 6.92 Å². The van der Waals surface area contributed by atoms with Crippen LogP contribution in [0.5, 0.6) is 0 Å². The number of aliphatic imine (C=N–C) groups is 1. The molecule has 0 atom stereocenters. The Hall–Kier alpha value is -0.620. The van der Waals surface area contributed by atoms with Crippen LogP contribution >= 0.6 is 35.3 Å². The van der Waals surface area contributed by atoms with E-state index < -0.39 is 11.9 Å². The summed E-state index contributed by atoms with van der Waals surface area (Å²) in [7, 11) is 0. The van der Waals surface area contributed by atoms with E-state index in [9.17, 15) is 13.2 Å². The molecular weight excluding hydrogens is 502 g/mol. The first kappa shape index (κ1) is 25.4. The van der Waals surface area contributed by atoms with E-state index in [2.05, 4.69) is 34.4 Å². The quantitative estimate of drug-likeness (QED) is 0.315. The van der Waals surface area contributed by atoms with Crippen LogP contribution in [0.2, 0.25) is 0 Å². The van der Waals surface area contributed by atoms with Crippen LogP contribution in [0.3, 0.4) is 0 Å². The lowest BCUT2D eigenvalue weighted by Crippen LogP contribution is -2.49. The van der Waals surface area contributed by atoms with Crippen LogP contribution in [0, 0.1) is 0 Å². The highest BCUT2D eigenvalue weighted by molar-refractivity contribution is 14.0. The summed E-state index contributed by atoms with van der Waals surface area (Å²) in [5, 5.41) is 7.93. The lowest BCUT2D eigenvalue weighted by atomic mass is 9.99. The minimum Gasteiger partial charge on any atom is -0.357 e. The fourth-order valence-corrected chi connectivity index (χ4v) is 3.86. The van der Waals surface area contributed by atoms with Crippen molar-refractivity contribution < 1.29 is 13.2 Å². The predicted octanol–water partition coefficient (Wildman–Crippen LogP) is 4.14. The molecule has 0 radical (unpaired) electrons. The molecule has 0 unspecified atom stereocenters. The molecule has 2 rings (SSSR count). The van der Waals surface area contributed by atoms with Crippen molar-refractivity contribution in [1.82, 2.24) is 20.5 Å². The van der Waals surface area contributed by atoms with Gasteiger partial charge in [-0.15, -0.1) is 35.3 Å². The smallest absolute Gasteiger partial charge is 0.357 e. The summed E-state index contributed by atoms with van der Waals surface area (Å²) in [5.74, 6) is 0.690. The first-order valence-corrected chi connectivity index (χ1v) is 10.4. The molecule has 1 aromatic heterocycles. The van der Waals surface area contributed by atoms with E-state index in [0.29, 0.717) is 30.5 Å². The predicted molar refractivity (Wildman–Crippen MR) is 120 cm³/mol. The number of alkyl halides is 3. The second kappa shape index (κ2) is 11.5. The summed E-state index contributed by atoms with van der Waals surface area (Å²) in [5.41, 5.74) is -0.828. The SMILES string of the molecule is CCNC(=NCC(C)(C)N1CCCCC1)NCCc1nc(C(F)(F)F)cs1.I. The number of thiazole rings is 1. The van der Waals surface area contributed by atoms with Crippen LogP contribution in [0.4, 0.5) is 13.2 Å². The highest BCUT2D eigenvalue weighted by Crippen LogP contribution is 2.30. The van der Waals surface area contributed by atoms with Crippen molar-refractivity contribution in [2.45, 2.75) is 58.2 Å². The minimum absolute atomic E-state index is 0. The molecule has 0 aromatic carbocycles. The van der Waals surface area contributed by atoms with Gasteiger partial charge in [0, 0.05) is 30.4 Å². The number of nitrogens with zero attached hydrogens (tertiary/aromatic N) is 3. The first-order chi connectivity index (χ1) is 12.7. The van der Waals surface area contributed by atoms with Crippen molar-refractivity contribution in [3.63, 3.8) is 0 Å². The van der Waals surface area contributed by atoms with Crippen LogP contribution < -0.4 is 10.6 Å². The summed E-state index contributed by atoms with van der Waals surface area (Å²) in [6, 6.07) is 0. The van der Waals surface area contributed by atoms with Crippen molar-refractivity contribution in [3.05, 3.63) is 16.1 Å². The molecule has 10 heteroatoms. The molecule has 2 N–H and O–H groups in total. The van der Waals surface area contributed by atoms with E-state index >= 15 is 0 Å². The monoisotopic (exact) mass is 533 g/mol. The number of hydrogen-bond donors (Lipinski definition) is 2. The highest BCUT2D eigenvalue weighted by atomic mass is 127. The number of aromatic nitrogens is 1. The number of likely N-dealkylation sites (tertiary alicyclic amines) is 1. The molecular formula is C18H31F3IN5S. The molecule has 0 amide bonds. The van der Waals surface area contributed by atoms with Crippen LogP contribution in [-0.4, -0.2) is 54.1 Å². The van der Waals surface area contributed by atoms with E-state index in [1.54, 1.807) is 0 Å². The second-order valence-corrected chi connectivity index (χ2v) is 8.30. The zero-order valence-corrected chi connectivity index (χ0v) is 19.9. The third-order valence-corrected chi connectivity index (χ3v) is 5.56. The van der Waals surface area contributed by atoms with E-state index in [0.717, 1.165) is 36.4 Å². The average Bonchev–Trinajstić information content (AvgIpc) is 3.10. The van der Waals surface area contributed by atoms with Gasteiger partial charge in [0.05, 0.1) is 11.6 Å². The molecule has 2 heterocycles. The normalized spacial score (nSPS) is 16.6. The fraction of sp³-hybridized carbons (Fsp3) is 0.778. The highest BCUT2D eigenvalue weighted by Gasteiger charge is 2.33. The topological polar surface area (TPSA) is 52.6 Å². The Kier molecular flexibility index (Phi) is 10.5. The number of hydrogen-bond acceptors (Lipinski definition) is 4. The maximum absolute atomic E-state index is 12.6. The molecule has 162 valence electrons. The Morgan fingerprint density at radius 3 is 2.46 bits per heavy atom. The Balaban J connectivity index is 0.00000392. The molecule has 0 bridgehead atoms. The number of guanidine groups is 1. The summed E-state index contributed by atoms with van der Waals surface area (Å²) in [6.07, 6.45) is -0.176. The Labute approximate surface area is 186 Å². The maximum atomic E-state index is 12.6. The molecule has 0 spiro atoms. The van der Waals surface area contributed by atoms with E-state index in [-0.39, 0.29) is 29.5 Å². The lowest BCUT2D eigenvalue weighted by molar-refractivity contribution is -0.140. The van der Waals surface area contributed by atoms with Crippen molar-refractivity contribution in [3.8, 4) is 0 Å². The summed E-state index contributed by atoms with van der Waals surface area (Å²) >= 11 is 1.04. The van der Waals surface area contributed by atoms with E-state index in [4.69, 9.17) is 4.99 Å². The summed E-state index contributed by atoms with van der Waals surface area (Å²) in [6.45, 7) is 10.5. The Bertz CT molecular complexity index is 613. The van der Waals surface area contributed by atoms with Gasteiger partial charge in [-0.1, -0.05) is 6.42 Å². The lowest BCUT2D eigenvalue weighted by Gasteiger charge is -2.40. The molecule has 1 saturated heterocycles. The molecule has 1 aliphatic heterocycles. The summed E-state index contributed by atoms with van der Waals surface area (Å²) in [4.78, 5) is 10.8. The molecule has 28 heavy (non-hydrogen) atoms. The van der Waals surface area contributed by atoms with Crippen LogP contribution in [-0.2, 0) is 12.6 Å². The van der Waals surface area contributed by atoms with Crippen molar-refractivity contribution >= 4 is 41.3 Å². The summed E-state index contributed by atoms with van der Waals surface area (Å²) < 4.78 is 37.8. The molecule has 0 aliphatic carbocycles. The molecule has 0 saturated carbocycles. The van der Waals surface area contributed by atoms with Gasteiger partial charge in [0.2, 0.25) is 0 Å². The van der Waals surface area contributed by atoms with Gasteiger partial charge in [-0.3, -0.25) is 9.89 Å². The van der Waals surface area contributed by atoms with E-state index in [1.165, 1.54) is 19.3 Å². The van der Waals surface area contributed by atoms with Crippen molar-refractivity contribution in [1.29, 1.82) is 0 Å². The molecule has 5 nitrogen and oxygen atoms in total. The standard InChI is InChI=1S/C18H30F3N5S.HI/c1-4-22-16(24-13-17(2,3)26-10-6-5-7-11-26)23-9-8-15-25-14(12-27-15)18(19,20)21;/h12H,4-11,13H2,1-3H3,(H2,22,23,24);1H. The van der Waals surface area contributed by atoms with Gasteiger partial charge in [0.15, 0.2) is 11.7 Å². The minimum atomic E-state index is -4.38. The third-order valence-electron chi connectivity index (χ3n) is 4.65. The molecule has 1 aliphatic rings. The van der Waals surface area contributed by atoms with Crippen LogP contribution in [0.1, 0.15) is 50.7 Å². The molecule has 1 aromatic rings. The zero-order chi connectivity index (χ0) is 19.9. The number of nitrogens with one attached hydrogen (secondary N) is 2. The zero-order valence-electron chi connectivity index (χ0n) is 16.7. The van der Waals surface area contributed by atoms with Gasteiger partial charge in [-0.2, -0.15) is 13.2 Å². The van der Waals surface area contributed by atoms with Gasteiger partial charge in [-0.05, 0) is 46.7 Å². The third kappa shape index (κ3) is 8.02. The van der Waals surface area contributed by atoms with Crippen LogP contribution in [0.25, 0.3) is 0 Å². The Morgan fingerprint density at radius 2 is 1.89 bits per heavy atom. The van der Waals surface area contributed by atoms with Gasteiger partial charge < -0.3 is 10.6 Å². The largest absolute Gasteiger partial charge is 0.434 e. The number of halogens is 4. The van der Waals surface area contributed by atoms with Gasteiger partial charge >= 0.3 is 6.18 Å². The van der Waals surface area contributed by atoms with Gasteiger partial charge in [-0.25, -0.2) is 4.98 Å². The average molecular weight is 533 g/mol. The fourth-order valence-electron chi connectivity index (χ4n) is 3.06. The van der Waals surface area contributed by atoms with Crippen LogP contribution in [0.15, 0.2) is 10.4 Å². The van der Waals surface area contributed by atoms with Gasteiger partial charge in [0.25, 0.3) is 0 Å². The van der Waals surface area contributed by atoms with Crippen molar-refractivity contribution in [2.75, 3.05) is 32.7 Å². The van der Waals surface area contributed by atoms with Gasteiger partial charge in [0.1, 0.15) is 0 Å². The first-order valence-electron chi connectivity index (χ1n) is 9.51. The Morgan fingerprint density at radius 1 is 1.21 bits per heavy atom.